The number of hydrogen-bond acceptors (Lipinski definition) is 4. The fourth-order valence-electron chi connectivity index (χ4n) is 2.98. The minimum atomic E-state index is -0.270. The third kappa shape index (κ3) is 3.12. The predicted octanol–water partition coefficient (Wildman–Crippen LogP) is 3.67. The number of amides is 1. The average molecular weight is 341 g/mol. The number of carbonyl (C=O) groups is 1. The maximum atomic E-state index is 12.6. The van der Waals surface area contributed by atoms with E-state index in [1.54, 1.807) is 4.68 Å². The Morgan fingerprint density at radius 3 is 2.80 bits per heavy atom. The van der Waals surface area contributed by atoms with Gasteiger partial charge in [-0.2, -0.15) is 5.10 Å². The van der Waals surface area contributed by atoms with Crippen molar-refractivity contribution >= 4 is 16.9 Å². The van der Waals surface area contributed by atoms with Gasteiger partial charge in [-0.05, 0) is 39.8 Å². The molecule has 2 aromatic heterocycles. The van der Waals surface area contributed by atoms with Crippen LogP contribution in [-0.2, 0) is 7.05 Å². The molecule has 1 amide bonds. The van der Waals surface area contributed by atoms with Crippen LogP contribution in [0.15, 0.2) is 28.7 Å². The van der Waals surface area contributed by atoms with Gasteiger partial charge in [0.25, 0.3) is 5.91 Å². The highest BCUT2D eigenvalue weighted by molar-refractivity contribution is 5.96. The van der Waals surface area contributed by atoms with Gasteiger partial charge in [-0.3, -0.25) is 9.48 Å². The molecule has 1 atom stereocenters. The lowest BCUT2D eigenvalue weighted by molar-refractivity contribution is 0.0934. The van der Waals surface area contributed by atoms with Gasteiger partial charge in [0.05, 0.1) is 23.9 Å². The number of aromatic nitrogens is 2. The van der Waals surface area contributed by atoms with E-state index in [4.69, 9.17) is 9.15 Å². The summed E-state index contributed by atoms with van der Waals surface area (Å²) < 4.78 is 13.3. The Kier molecular flexibility index (Phi) is 4.53. The summed E-state index contributed by atoms with van der Waals surface area (Å²) in [5.74, 6) is 1.25. The SMILES string of the molecule is CCOc1cccc2cc(C(C)NC(=O)c3c(C)nn(C)c3C)oc12. The third-order valence-electron chi connectivity index (χ3n) is 4.34. The Hall–Kier alpha value is -2.76. The van der Waals surface area contributed by atoms with Gasteiger partial charge in [-0.15, -0.1) is 0 Å². The highest BCUT2D eigenvalue weighted by Crippen LogP contribution is 2.31. The number of nitrogens with one attached hydrogen (secondary N) is 1. The molecule has 1 aromatic carbocycles. The summed E-state index contributed by atoms with van der Waals surface area (Å²) in [6.45, 7) is 8.12. The van der Waals surface area contributed by atoms with Crippen LogP contribution in [0.2, 0.25) is 0 Å². The Morgan fingerprint density at radius 1 is 1.40 bits per heavy atom. The molecule has 0 fully saturated rings. The molecule has 6 heteroatoms. The molecule has 0 aliphatic heterocycles. The smallest absolute Gasteiger partial charge is 0.255 e. The maximum absolute atomic E-state index is 12.6. The van der Waals surface area contributed by atoms with Crippen molar-refractivity contribution in [3.8, 4) is 5.75 Å². The monoisotopic (exact) mass is 341 g/mol. The topological polar surface area (TPSA) is 69.3 Å². The average Bonchev–Trinajstić information content (AvgIpc) is 3.10. The summed E-state index contributed by atoms with van der Waals surface area (Å²) in [4.78, 5) is 12.6. The zero-order valence-electron chi connectivity index (χ0n) is 15.2. The van der Waals surface area contributed by atoms with Crippen molar-refractivity contribution in [1.82, 2.24) is 15.1 Å². The number of aryl methyl sites for hydroxylation is 2. The van der Waals surface area contributed by atoms with Crippen LogP contribution < -0.4 is 10.1 Å². The normalized spacial score (nSPS) is 12.4. The quantitative estimate of drug-likeness (QED) is 0.769. The predicted molar refractivity (Wildman–Crippen MR) is 95.9 cm³/mol. The molecule has 0 aliphatic rings. The summed E-state index contributed by atoms with van der Waals surface area (Å²) in [6, 6.07) is 7.44. The highest BCUT2D eigenvalue weighted by Gasteiger charge is 2.21. The van der Waals surface area contributed by atoms with E-state index >= 15 is 0 Å². The molecule has 0 aliphatic carbocycles. The van der Waals surface area contributed by atoms with Gasteiger partial charge in [-0.1, -0.05) is 12.1 Å². The lowest BCUT2D eigenvalue weighted by atomic mass is 10.1. The zero-order valence-corrected chi connectivity index (χ0v) is 15.2. The number of hydrogen-bond donors (Lipinski definition) is 1. The van der Waals surface area contributed by atoms with Gasteiger partial charge in [0.2, 0.25) is 0 Å². The minimum absolute atomic E-state index is 0.152. The van der Waals surface area contributed by atoms with Gasteiger partial charge >= 0.3 is 0 Å². The molecule has 1 N–H and O–H groups in total. The molecule has 0 spiro atoms. The first-order chi connectivity index (χ1) is 11.9. The molecule has 132 valence electrons. The number of benzene rings is 1. The molecule has 1 unspecified atom stereocenters. The van der Waals surface area contributed by atoms with Crippen LogP contribution in [0.25, 0.3) is 11.0 Å². The van der Waals surface area contributed by atoms with Crippen molar-refractivity contribution in [2.24, 2.45) is 7.05 Å². The van der Waals surface area contributed by atoms with E-state index in [2.05, 4.69) is 10.4 Å². The van der Waals surface area contributed by atoms with Crippen LogP contribution in [0, 0.1) is 13.8 Å². The van der Waals surface area contributed by atoms with Crippen LogP contribution in [0.4, 0.5) is 0 Å². The number of rotatable bonds is 5. The summed E-state index contributed by atoms with van der Waals surface area (Å²) in [7, 11) is 1.83. The number of ether oxygens (including phenoxy) is 1. The van der Waals surface area contributed by atoms with Crippen molar-refractivity contribution in [1.29, 1.82) is 0 Å². The standard InChI is InChI=1S/C19H23N3O3/c1-6-24-15-9-7-8-14-10-16(25-18(14)15)11(2)20-19(23)17-12(3)21-22(5)13(17)4/h7-11H,6H2,1-5H3,(H,20,23). The molecular weight excluding hydrogens is 318 g/mol. The number of carbonyl (C=O) groups excluding carboxylic acids is 1. The van der Waals surface area contributed by atoms with Crippen molar-refractivity contribution in [3.05, 3.63) is 47.0 Å². The second-order valence-electron chi connectivity index (χ2n) is 6.12. The molecule has 25 heavy (non-hydrogen) atoms. The van der Waals surface area contributed by atoms with Crippen LogP contribution in [0.5, 0.6) is 5.75 Å². The van der Waals surface area contributed by atoms with E-state index in [0.29, 0.717) is 35.0 Å². The van der Waals surface area contributed by atoms with Crippen LogP contribution in [0.3, 0.4) is 0 Å². The minimum Gasteiger partial charge on any atom is -0.490 e. The second kappa shape index (κ2) is 6.63. The summed E-state index contributed by atoms with van der Waals surface area (Å²) in [5, 5.41) is 8.24. The van der Waals surface area contributed by atoms with E-state index in [1.807, 2.05) is 59.0 Å². The zero-order chi connectivity index (χ0) is 18.1. The number of para-hydroxylation sites is 1. The van der Waals surface area contributed by atoms with Gasteiger partial charge in [0.15, 0.2) is 11.3 Å². The van der Waals surface area contributed by atoms with E-state index < -0.39 is 0 Å². The first-order valence-corrected chi connectivity index (χ1v) is 8.38. The van der Waals surface area contributed by atoms with E-state index in [1.165, 1.54) is 0 Å². The molecule has 0 bridgehead atoms. The molecule has 0 saturated carbocycles. The number of furan rings is 1. The second-order valence-corrected chi connectivity index (χ2v) is 6.12. The van der Waals surface area contributed by atoms with Gasteiger partial charge in [-0.25, -0.2) is 0 Å². The van der Waals surface area contributed by atoms with Gasteiger partial charge < -0.3 is 14.5 Å². The number of fused-ring (bicyclic) bond motifs is 1. The fraction of sp³-hybridized carbons (Fsp3) is 0.368. The van der Waals surface area contributed by atoms with Crippen molar-refractivity contribution in [2.45, 2.75) is 33.7 Å². The molecule has 3 rings (SSSR count). The van der Waals surface area contributed by atoms with Gasteiger partial charge in [0, 0.05) is 18.1 Å². The van der Waals surface area contributed by atoms with E-state index in [-0.39, 0.29) is 11.9 Å². The molecular formula is C19H23N3O3. The largest absolute Gasteiger partial charge is 0.490 e. The van der Waals surface area contributed by atoms with Crippen molar-refractivity contribution in [3.63, 3.8) is 0 Å². The summed E-state index contributed by atoms with van der Waals surface area (Å²) in [5.41, 5.74) is 2.87. The highest BCUT2D eigenvalue weighted by atomic mass is 16.5. The van der Waals surface area contributed by atoms with Crippen molar-refractivity contribution < 1.29 is 13.9 Å². The fourth-order valence-corrected chi connectivity index (χ4v) is 2.98. The molecule has 3 aromatic rings. The first-order valence-electron chi connectivity index (χ1n) is 8.38. The molecule has 2 heterocycles. The molecule has 0 radical (unpaired) electrons. The maximum Gasteiger partial charge on any atom is 0.255 e. The Labute approximate surface area is 146 Å². The lowest BCUT2D eigenvalue weighted by Crippen LogP contribution is -2.27. The lowest BCUT2D eigenvalue weighted by Gasteiger charge is -2.11. The molecule has 0 saturated heterocycles. The van der Waals surface area contributed by atoms with E-state index in [0.717, 1.165) is 11.1 Å². The summed E-state index contributed by atoms with van der Waals surface area (Å²) in [6.07, 6.45) is 0. The Morgan fingerprint density at radius 2 is 2.16 bits per heavy atom. The summed E-state index contributed by atoms with van der Waals surface area (Å²) >= 11 is 0. The van der Waals surface area contributed by atoms with Gasteiger partial charge in [0.1, 0.15) is 5.76 Å². The van der Waals surface area contributed by atoms with E-state index in [9.17, 15) is 4.79 Å². The Bertz CT molecular complexity index is 924. The van der Waals surface area contributed by atoms with Crippen molar-refractivity contribution in [2.75, 3.05) is 6.61 Å². The third-order valence-corrected chi connectivity index (χ3v) is 4.34. The number of nitrogens with zero attached hydrogens (tertiary/aromatic N) is 2. The first kappa shape index (κ1) is 17.1. The van der Waals surface area contributed by atoms with Crippen LogP contribution in [-0.4, -0.2) is 22.3 Å². The molecule has 6 nitrogen and oxygen atoms in total. The Balaban J connectivity index is 1.86. The van der Waals surface area contributed by atoms with Crippen LogP contribution in [0.1, 0.15) is 47.4 Å². The van der Waals surface area contributed by atoms with Crippen LogP contribution >= 0.6 is 0 Å².